The summed E-state index contributed by atoms with van der Waals surface area (Å²) < 4.78 is 13.8. The zero-order valence-corrected chi connectivity index (χ0v) is 12.0. The summed E-state index contributed by atoms with van der Waals surface area (Å²) in [5, 5.41) is 12.0. The summed E-state index contributed by atoms with van der Waals surface area (Å²) >= 11 is 0. The van der Waals surface area contributed by atoms with E-state index in [0.717, 1.165) is 19.1 Å². The van der Waals surface area contributed by atoms with Crippen LogP contribution in [0.1, 0.15) is 36.8 Å². The van der Waals surface area contributed by atoms with Gasteiger partial charge in [-0.2, -0.15) is 5.26 Å². The lowest BCUT2D eigenvalue weighted by molar-refractivity contribution is 0.245. The van der Waals surface area contributed by atoms with Crippen LogP contribution in [-0.2, 0) is 6.54 Å². The molecule has 1 aliphatic rings. The molecule has 0 amide bonds. The van der Waals surface area contributed by atoms with Crippen LogP contribution in [-0.4, -0.2) is 31.1 Å². The van der Waals surface area contributed by atoms with Crippen molar-refractivity contribution in [2.75, 3.05) is 20.1 Å². The molecule has 1 aromatic rings. The standard InChI is InChI=1S/C16H22FN3/c1-20(15-7-2-3-8-15)10-9-19-12-14-6-4-5-13(11-18)16(14)17/h4-6,15,19H,2-3,7-10,12H2,1H3. The molecule has 108 valence electrons. The Morgan fingerprint density at radius 1 is 1.40 bits per heavy atom. The SMILES string of the molecule is CN(CCNCc1cccc(C#N)c1F)C1CCCC1. The van der Waals surface area contributed by atoms with Gasteiger partial charge in [-0.15, -0.1) is 0 Å². The second-order valence-corrected chi connectivity index (χ2v) is 5.49. The number of likely N-dealkylation sites (N-methyl/N-ethyl adjacent to an activating group) is 1. The number of halogens is 1. The third-order valence-electron chi connectivity index (χ3n) is 4.10. The van der Waals surface area contributed by atoms with Gasteiger partial charge < -0.3 is 10.2 Å². The molecule has 4 heteroatoms. The first kappa shape index (κ1) is 15.0. The third kappa shape index (κ3) is 3.78. The van der Waals surface area contributed by atoms with Crippen molar-refractivity contribution in [1.82, 2.24) is 10.2 Å². The predicted molar refractivity (Wildman–Crippen MR) is 77.7 cm³/mol. The Kier molecular flexibility index (Phi) is 5.51. The molecule has 0 atom stereocenters. The van der Waals surface area contributed by atoms with Gasteiger partial charge in [-0.25, -0.2) is 4.39 Å². The van der Waals surface area contributed by atoms with Crippen LogP contribution in [0.2, 0.25) is 0 Å². The number of benzene rings is 1. The van der Waals surface area contributed by atoms with Crippen LogP contribution in [0.15, 0.2) is 18.2 Å². The van der Waals surface area contributed by atoms with Gasteiger partial charge in [0.05, 0.1) is 5.56 Å². The summed E-state index contributed by atoms with van der Waals surface area (Å²) in [5.74, 6) is -0.397. The molecule has 0 unspecified atom stereocenters. The van der Waals surface area contributed by atoms with Crippen LogP contribution < -0.4 is 5.32 Å². The van der Waals surface area contributed by atoms with E-state index in [9.17, 15) is 4.39 Å². The lowest BCUT2D eigenvalue weighted by Gasteiger charge is -2.24. The number of nitriles is 1. The van der Waals surface area contributed by atoms with Gasteiger partial charge >= 0.3 is 0 Å². The molecule has 1 aromatic carbocycles. The summed E-state index contributed by atoms with van der Waals surface area (Å²) in [4.78, 5) is 2.39. The molecule has 0 aromatic heterocycles. The molecule has 0 radical (unpaired) electrons. The number of nitrogens with one attached hydrogen (secondary N) is 1. The molecule has 3 nitrogen and oxygen atoms in total. The van der Waals surface area contributed by atoms with Gasteiger partial charge in [-0.3, -0.25) is 0 Å². The number of nitrogens with zero attached hydrogens (tertiary/aromatic N) is 2. The maximum atomic E-state index is 13.8. The molecule has 0 bridgehead atoms. The van der Waals surface area contributed by atoms with E-state index in [0.29, 0.717) is 12.1 Å². The zero-order chi connectivity index (χ0) is 14.4. The summed E-state index contributed by atoms with van der Waals surface area (Å²) in [7, 11) is 2.16. The third-order valence-corrected chi connectivity index (χ3v) is 4.10. The van der Waals surface area contributed by atoms with Crippen molar-refractivity contribution in [3.63, 3.8) is 0 Å². The average Bonchev–Trinajstić information content (AvgIpc) is 2.99. The molecule has 0 spiro atoms. The highest BCUT2D eigenvalue weighted by Crippen LogP contribution is 2.21. The first-order valence-corrected chi connectivity index (χ1v) is 7.31. The Morgan fingerprint density at radius 3 is 2.85 bits per heavy atom. The molecule has 1 saturated carbocycles. The van der Waals surface area contributed by atoms with E-state index in [1.54, 1.807) is 12.1 Å². The highest BCUT2D eigenvalue weighted by Gasteiger charge is 2.18. The van der Waals surface area contributed by atoms with Gasteiger partial charge in [-0.05, 0) is 26.0 Å². The molecule has 20 heavy (non-hydrogen) atoms. The Balaban J connectivity index is 1.74. The lowest BCUT2D eigenvalue weighted by atomic mass is 10.1. The topological polar surface area (TPSA) is 39.1 Å². The minimum absolute atomic E-state index is 0.118. The van der Waals surface area contributed by atoms with Crippen LogP contribution in [0.5, 0.6) is 0 Å². The van der Waals surface area contributed by atoms with Crippen LogP contribution in [0.3, 0.4) is 0 Å². The summed E-state index contributed by atoms with van der Waals surface area (Å²) in [6, 6.07) is 7.55. The van der Waals surface area contributed by atoms with E-state index < -0.39 is 5.82 Å². The van der Waals surface area contributed by atoms with Crippen LogP contribution in [0.25, 0.3) is 0 Å². The van der Waals surface area contributed by atoms with Crippen molar-refractivity contribution in [1.29, 1.82) is 5.26 Å². The normalized spacial score (nSPS) is 15.7. The highest BCUT2D eigenvalue weighted by molar-refractivity contribution is 5.34. The summed E-state index contributed by atoms with van der Waals surface area (Å²) in [5.41, 5.74) is 0.681. The first-order chi connectivity index (χ1) is 9.72. The number of rotatable bonds is 6. The van der Waals surface area contributed by atoms with Crippen LogP contribution in [0.4, 0.5) is 4.39 Å². The summed E-state index contributed by atoms with van der Waals surface area (Å²) in [6.45, 7) is 2.29. The van der Waals surface area contributed by atoms with E-state index in [2.05, 4.69) is 17.3 Å². The monoisotopic (exact) mass is 275 g/mol. The fraction of sp³-hybridized carbons (Fsp3) is 0.562. The van der Waals surface area contributed by atoms with Crippen molar-refractivity contribution in [3.8, 4) is 6.07 Å². The van der Waals surface area contributed by atoms with Crippen molar-refractivity contribution in [2.45, 2.75) is 38.3 Å². The minimum atomic E-state index is -0.397. The molecule has 1 fully saturated rings. The summed E-state index contributed by atoms with van der Waals surface area (Å²) in [6.07, 6.45) is 5.29. The molecular weight excluding hydrogens is 253 g/mol. The van der Waals surface area contributed by atoms with Gasteiger partial charge in [-0.1, -0.05) is 25.0 Å². The van der Waals surface area contributed by atoms with Crippen molar-refractivity contribution in [2.24, 2.45) is 0 Å². The van der Waals surface area contributed by atoms with Gasteiger partial charge in [0, 0.05) is 31.2 Å². The maximum Gasteiger partial charge on any atom is 0.145 e. The maximum absolute atomic E-state index is 13.8. The van der Waals surface area contributed by atoms with E-state index >= 15 is 0 Å². The lowest BCUT2D eigenvalue weighted by Crippen LogP contribution is -2.35. The first-order valence-electron chi connectivity index (χ1n) is 7.31. The Bertz CT molecular complexity index is 475. The second kappa shape index (κ2) is 7.37. The Morgan fingerprint density at radius 2 is 2.15 bits per heavy atom. The molecular formula is C16H22FN3. The predicted octanol–water partition coefficient (Wildman–Crippen LogP) is 2.66. The highest BCUT2D eigenvalue weighted by atomic mass is 19.1. The molecule has 0 saturated heterocycles. The zero-order valence-electron chi connectivity index (χ0n) is 12.0. The molecule has 1 N–H and O–H groups in total. The van der Waals surface area contributed by atoms with Gasteiger partial charge in [0.1, 0.15) is 11.9 Å². The van der Waals surface area contributed by atoms with Crippen molar-refractivity contribution in [3.05, 3.63) is 35.1 Å². The van der Waals surface area contributed by atoms with Gasteiger partial charge in [0.25, 0.3) is 0 Å². The van der Waals surface area contributed by atoms with Gasteiger partial charge in [0.2, 0.25) is 0 Å². The molecule has 0 aliphatic heterocycles. The fourth-order valence-corrected chi connectivity index (χ4v) is 2.81. The molecule has 1 aliphatic carbocycles. The van der Waals surface area contributed by atoms with Gasteiger partial charge in [0.15, 0.2) is 0 Å². The minimum Gasteiger partial charge on any atom is -0.311 e. The number of hydrogen-bond donors (Lipinski definition) is 1. The van der Waals surface area contributed by atoms with E-state index in [4.69, 9.17) is 5.26 Å². The largest absolute Gasteiger partial charge is 0.311 e. The Hall–Kier alpha value is -1.44. The molecule has 2 rings (SSSR count). The van der Waals surface area contributed by atoms with E-state index in [1.165, 1.54) is 31.7 Å². The van der Waals surface area contributed by atoms with E-state index in [-0.39, 0.29) is 5.56 Å². The fourth-order valence-electron chi connectivity index (χ4n) is 2.81. The van der Waals surface area contributed by atoms with Crippen LogP contribution in [0, 0.1) is 17.1 Å². The smallest absolute Gasteiger partial charge is 0.145 e. The Labute approximate surface area is 120 Å². The van der Waals surface area contributed by atoms with Crippen molar-refractivity contribution < 1.29 is 4.39 Å². The molecule has 0 heterocycles. The number of hydrogen-bond acceptors (Lipinski definition) is 3. The average molecular weight is 275 g/mol. The van der Waals surface area contributed by atoms with Crippen molar-refractivity contribution >= 4 is 0 Å². The van der Waals surface area contributed by atoms with Crippen LogP contribution >= 0.6 is 0 Å². The second-order valence-electron chi connectivity index (χ2n) is 5.49. The quantitative estimate of drug-likeness (QED) is 0.811. The van der Waals surface area contributed by atoms with E-state index in [1.807, 2.05) is 6.07 Å².